The van der Waals surface area contributed by atoms with E-state index in [1.807, 2.05) is 31.2 Å². The Hall–Kier alpha value is -3.01. The molecular weight excluding hydrogens is 456 g/mol. The van der Waals surface area contributed by atoms with E-state index >= 15 is 0 Å². The number of hydrogen-bond donors (Lipinski definition) is 2. The predicted octanol–water partition coefficient (Wildman–Crippen LogP) is 3.24. The van der Waals surface area contributed by atoms with Gasteiger partial charge < -0.3 is 10.4 Å². The van der Waals surface area contributed by atoms with Gasteiger partial charge in [-0.1, -0.05) is 60.4 Å². The van der Waals surface area contributed by atoms with Crippen LogP contribution in [0.25, 0.3) is 11.7 Å². The molecule has 0 atom stereocenters. The van der Waals surface area contributed by atoms with Crippen molar-refractivity contribution >= 4 is 51.7 Å². The van der Waals surface area contributed by atoms with Gasteiger partial charge in [-0.15, -0.1) is 0 Å². The molecule has 7 nitrogen and oxygen atoms in total. The second-order valence-electron chi connectivity index (χ2n) is 7.64. The van der Waals surface area contributed by atoms with Crippen molar-refractivity contribution in [3.63, 3.8) is 0 Å². The first kappa shape index (κ1) is 23.2. The van der Waals surface area contributed by atoms with Crippen molar-refractivity contribution in [3.8, 4) is 0 Å². The second kappa shape index (κ2) is 10.3. The van der Waals surface area contributed by atoms with E-state index in [2.05, 4.69) is 22.4 Å². The zero-order valence-corrected chi connectivity index (χ0v) is 19.8. The molecule has 1 saturated heterocycles. The molecule has 3 aromatic rings. The van der Waals surface area contributed by atoms with Crippen LogP contribution in [0.4, 0.5) is 5.82 Å². The van der Waals surface area contributed by atoms with Crippen LogP contribution < -0.4 is 10.9 Å². The smallest absolute Gasteiger partial charge is 0.267 e. The molecule has 1 amide bonds. The van der Waals surface area contributed by atoms with Gasteiger partial charge in [0.2, 0.25) is 0 Å². The number of carbonyl (C=O) groups excluding carboxylic acids is 1. The van der Waals surface area contributed by atoms with Crippen molar-refractivity contribution in [2.75, 3.05) is 25.0 Å². The molecule has 0 saturated carbocycles. The van der Waals surface area contributed by atoms with E-state index in [1.54, 1.807) is 23.2 Å². The lowest BCUT2D eigenvalue weighted by atomic mass is 10.1. The van der Waals surface area contributed by atoms with Gasteiger partial charge in [-0.05, 0) is 43.0 Å². The molecule has 0 spiro atoms. The Bertz CT molecular complexity index is 1290. The highest BCUT2D eigenvalue weighted by Gasteiger charge is 2.32. The monoisotopic (exact) mass is 480 g/mol. The number of aliphatic hydroxyl groups is 1. The molecule has 0 bridgehead atoms. The molecule has 1 aromatic carbocycles. The number of aromatic nitrogens is 2. The molecule has 1 aliphatic heterocycles. The van der Waals surface area contributed by atoms with Crippen molar-refractivity contribution in [2.45, 2.75) is 19.8 Å². The topological polar surface area (TPSA) is 86.9 Å². The third-order valence-electron chi connectivity index (χ3n) is 5.33. The Morgan fingerprint density at radius 3 is 2.73 bits per heavy atom. The Balaban J connectivity index is 1.62. The summed E-state index contributed by atoms with van der Waals surface area (Å²) in [5.41, 5.74) is 2.55. The van der Waals surface area contributed by atoms with Crippen LogP contribution in [0.2, 0.25) is 0 Å². The van der Waals surface area contributed by atoms with Crippen molar-refractivity contribution < 1.29 is 9.90 Å². The molecular formula is C24H24N4O3S2. The number of rotatable bonds is 8. The zero-order chi connectivity index (χ0) is 23.4. The Morgan fingerprint density at radius 1 is 1.18 bits per heavy atom. The number of hydrogen-bond acceptors (Lipinski definition) is 7. The van der Waals surface area contributed by atoms with Gasteiger partial charge >= 0.3 is 0 Å². The average molecular weight is 481 g/mol. The number of carbonyl (C=O) groups is 1. The molecule has 170 valence electrons. The SMILES string of the molecule is Cc1cccn2c(=O)c(C=C3SC(=S)N(CCCc4ccccc4)C3=O)c(NCCO)nc12. The summed E-state index contributed by atoms with van der Waals surface area (Å²) in [5.74, 6) is 0.123. The lowest BCUT2D eigenvalue weighted by Crippen LogP contribution is -2.29. The fourth-order valence-corrected chi connectivity index (χ4v) is 4.95. The molecule has 1 fully saturated rings. The number of thioether (sulfide) groups is 1. The maximum Gasteiger partial charge on any atom is 0.267 e. The standard InChI is InChI=1S/C24H24N4O3S2/c1-16-7-5-12-27-21(16)26-20(25-11-14-29)18(22(27)30)15-19-23(31)28(24(32)33-19)13-6-10-17-8-3-2-4-9-17/h2-5,7-9,12,15,25,29H,6,10-11,13-14H2,1H3. The minimum Gasteiger partial charge on any atom is -0.395 e. The normalized spacial score (nSPS) is 15.1. The number of nitrogens with one attached hydrogen (secondary N) is 1. The summed E-state index contributed by atoms with van der Waals surface area (Å²) >= 11 is 6.64. The average Bonchev–Trinajstić information content (AvgIpc) is 3.08. The fraction of sp³-hybridized carbons (Fsp3) is 0.250. The quantitative estimate of drug-likeness (QED) is 0.378. The number of amides is 1. The van der Waals surface area contributed by atoms with Crippen LogP contribution in [0.1, 0.15) is 23.1 Å². The van der Waals surface area contributed by atoms with E-state index in [0.717, 1.165) is 18.4 Å². The van der Waals surface area contributed by atoms with Crippen molar-refractivity contribution in [2.24, 2.45) is 0 Å². The van der Waals surface area contributed by atoms with Crippen LogP contribution in [0.5, 0.6) is 0 Å². The van der Waals surface area contributed by atoms with Crippen LogP contribution in [0.15, 0.2) is 58.4 Å². The van der Waals surface area contributed by atoms with Crippen LogP contribution in [0.3, 0.4) is 0 Å². The molecule has 1 aliphatic rings. The van der Waals surface area contributed by atoms with Crippen LogP contribution in [-0.2, 0) is 11.2 Å². The minimum absolute atomic E-state index is 0.113. The fourth-order valence-electron chi connectivity index (χ4n) is 3.66. The maximum atomic E-state index is 13.3. The molecule has 4 rings (SSSR count). The molecule has 0 radical (unpaired) electrons. The highest BCUT2D eigenvalue weighted by Crippen LogP contribution is 2.33. The number of aryl methyl sites for hydroxylation is 2. The predicted molar refractivity (Wildman–Crippen MR) is 136 cm³/mol. The summed E-state index contributed by atoms with van der Waals surface area (Å²) in [5, 5.41) is 12.2. The number of nitrogens with zero attached hydrogens (tertiary/aromatic N) is 3. The first-order chi connectivity index (χ1) is 16.0. The van der Waals surface area contributed by atoms with E-state index in [1.165, 1.54) is 21.7 Å². The number of anilines is 1. The number of thiocarbonyl (C=S) groups is 1. The van der Waals surface area contributed by atoms with Gasteiger partial charge in [0.15, 0.2) is 0 Å². The minimum atomic E-state index is -0.293. The molecule has 2 N–H and O–H groups in total. The van der Waals surface area contributed by atoms with Crippen LogP contribution >= 0.6 is 24.0 Å². The number of aliphatic hydroxyl groups excluding tert-OH is 1. The zero-order valence-electron chi connectivity index (χ0n) is 18.2. The van der Waals surface area contributed by atoms with Gasteiger partial charge in [0.05, 0.1) is 17.1 Å². The van der Waals surface area contributed by atoms with Crippen LogP contribution in [-0.4, -0.2) is 49.3 Å². The molecule has 0 aliphatic carbocycles. The number of fused-ring (bicyclic) bond motifs is 1. The molecule has 0 unspecified atom stereocenters. The molecule has 3 heterocycles. The highest BCUT2D eigenvalue weighted by molar-refractivity contribution is 8.26. The summed E-state index contributed by atoms with van der Waals surface area (Å²) in [6.07, 6.45) is 4.84. The molecule has 9 heteroatoms. The van der Waals surface area contributed by atoms with Gasteiger partial charge in [-0.2, -0.15) is 0 Å². The highest BCUT2D eigenvalue weighted by atomic mass is 32.2. The van der Waals surface area contributed by atoms with Crippen molar-refractivity contribution in [3.05, 3.63) is 80.6 Å². The number of pyridine rings is 1. The lowest BCUT2D eigenvalue weighted by Gasteiger charge is -2.14. The van der Waals surface area contributed by atoms with Gasteiger partial charge in [0, 0.05) is 19.3 Å². The van der Waals surface area contributed by atoms with Crippen molar-refractivity contribution in [1.82, 2.24) is 14.3 Å². The van der Waals surface area contributed by atoms with Gasteiger partial charge in [-0.25, -0.2) is 4.98 Å². The van der Waals surface area contributed by atoms with E-state index in [4.69, 9.17) is 12.2 Å². The van der Waals surface area contributed by atoms with Crippen LogP contribution in [0, 0.1) is 6.92 Å². The Morgan fingerprint density at radius 2 is 1.97 bits per heavy atom. The van der Waals surface area contributed by atoms with Gasteiger partial charge in [0.1, 0.15) is 15.8 Å². The summed E-state index contributed by atoms with van der Waals surface area (Å²) in [6, 6.07) is 13.8. The first-order valence-corrected chi connectivity index (χ1v) is 11.9. The summed E-state index contributed by atoms with van der Waals surface area (Å²) in [7, 11) is 0. The van der Waals surface area contributed by atoms with E-state index < -0.39 is 0 Å². The summed E-state index contributed by atoms with van der Waals surface area (Å²) in [6.45, 7) is 2.51. The number of benzene rings is 1. The largest absolute Gasteiger partial charge is 0.395 e. The van der Waals surface area contributed by atoms with Gasteiger partial charge in [-0.3, -0.25) is 18.9 Å². The maximum absolute atomic E-state index is 13.3. The van der Waals surface area contributed by atoms with E-state index in [0.29, 0.717) is 27.2 Å². The Labute approximate surface area is 201 Å². The molecule has 2 aromatic heterocycles. The Kier molecular flexibility index (Phi) is 7.22. The third kappa shape index (κ3) is 5.00. The second-order valence-corrected chi connectivity index (χ2v) is 9.31. The first-order valence-electron chi connectivity index (χ1n) is 10.7. The lowest BCUT2D eigenvalue weighted by molar-refractivity contribution is -0.122. The molecule has 33 heavy (non-hydrogen) atoms. The van der Waals surface area contributed by atoms with Crippen molar-refractivity contribution in [1.29, 1.82) is 0 Å². The third-order valence-corrected chi connectivity index (χ3v) is 6.71. The summed E-state index contributed by atoms with van der Waals surface area (Å²) in [4.78, 5) is 32.9. The van der Waals surface area contributed by atoms with E-state index in [9.17, 15) is 14.7 Å². The van der Waals surface area contributed by atoms with E-state index in [-0.39, 0.29) is 30.2 Å². The van der Waals surface area contributed by atoms with Gasteiger partial charge in [0.25, 0.3) is 11.5 Å². The summed E-state index contributed by atoms with van der Waals surface area (Å²) < 4.78 is 1.94.